The van der Waals surface area contributed by atoms with Gasteiger partial charge in [-0.05, 0) is 68.4 Å². The molecule has 27 heavy (non-hydrogen) atoms. The molecule has 6 rings (SSSR count). The number of rotatable bonds is 3. The van der Waals surface area contributed by atoms with Gasteiger partial charge in [-0.3, -0.25) is 10.1 Å². The van der Waals surface area contributed by atoms with E-state index in [1.165, 1.54) is 30.6 Å². The van der Waals surface area contributed by atoms with Crippen molar-refractivity contribution in [3.05, 3.63) is 39.4 Å². The van der Waals surface area contributed by atoms with E-state index >= 15 is 0 Å². The fraction of sp³-hybridized carbons (Fsp3) is 0.526. The largest absolute Gasteiger partial charge is 0.296 e. The Morgan fingerprint density at radius 1 is 1.07 bits per heavy atom. The monoisotopic (exact) mass is 409 g/mol. The van der Waals surface area contributed by atoms with Crippen LogP contribution in [0.3, 0.4) is 0 Å². The number of nitrogens with zero attached hydrogens (tertiary/aromatic N) is 2. The van der Waals surface area contributed by atoms with E-state index in [1.807, 2.05) is 0 Å². The lowest BCUT2D eigenvalue weighted by atomic mass is 9.50. The van der Waals surface area contributed by atoms with Crippen LogP contribution in [0.2, 0.25) is 5.02 Å². The van der Waals surface area contributed by atoms with Crippen molar-refractivity contribution in [3.8, 4) is 0 Å². The lowest BCUT2D eigenvalue weighted by molar-refractivity contribution is -0.00555. The van der Waals surface area contributed by atoms with Crippen molar-refractivity contribution < 1.29 is 13.6 Å². The molecule has 0 unspecified atom stereocenters. The second-order valence-corrected chi connectivity index (χ2v) is 9.70. The number of carbonyl (C=O) groups is 1. The van der Waals surface area contributed by atoms with Gasteiger partial charge in [0.15, 0.2) is 11.6 Å². The fourth-order valence-electron chi connectivity index (χ4n) is 5.72. The van der Waals surface area contributed by atoms with E-state index in [1.54, 1.807) is 0 Å². The molecule has 4 bridgehead atoms. The minimum absolute atomic E-state index is 0.106. The molecule has 1 heterocycles. The SMILES string of the molecule is O=C(Nc1nnc(C23CC4CC(CC(C4)C2)C3)s1)c1cc(F)c(F)cc1Cl. The van der Waals surface area contributed by atoms with E-state index in [0.717, 1.165) is 54.2 Å². The third-order valence-corrected chi connectivity index (χ3v) is 7.79. The average Bonchev–Trinajstić information content (AvgIpc) is 3.06. The maximum absolute atomic E-state index is 13.4. The molecule has 0 saturated heterocycles. The summed E-state index contributed by atoms with van der Waals surface area (Å²) < 4.78 is 26.6. The molecule has 4 aliphatic carbocycles. The third kappa shape index (κ3) is 2.95. The highest BCUT2D eigenvalue weighted by molar-refractivity contribution is 7.15. The summed E-state index contributed by atoms with van der Waals surface area (Å²) in [4.78, 5) is 12.4. The van der Waals surface area contributed by atoms with Crippen LogP contribution in [0.1, 0.15) is 53.9 Å². The molecular weight excluding hydrogens is 392 g/mol. The zero-order valence-corrected chi connectivity index (χ0v) is 16.0. The van der Waals surface area contributed by atoms with Gasteiger partial charge in [-0.1, -0.05) is 22.9 Å². The van der Waals surface area contributed by atoms with Gasteiger partial charge < -0.3 is 0 Å². The summed E-state index contributed by atoms with van der Waals surface area (Å²) in [5.74, 6) is -0.447. The zero-order chi connectivity index (χ0) is 18.8. The number of aromatic nitrogens is 2. The Labute approximate surface area is 164 Å². The molecule has 4 nitrogen and oxygen atoms in total. The summed E-state index contributed by atoms with van der Waals surface area (Å²) in [5, 5.41) is 12.4. The first-order chi connectivity index (χ1) is 12.9. The Morgan fingerprint density at radius 3 is 2.30 bits per heavy atom. The molecule has 4 fully saturated rings. The van der Waals surface area contributed by atoms with Crippen LogP contribution in [0.25, 0.3) is 0 Å². The predicted molar refractivity (Wildman–Crippen MR) is 99.1 cm³/mol. The Bertz CT molecular complexity index is 896. The van der Waals surface area contributed by atoms with Crippen molar-refractivity contribution in [2.75, 3.05) is 5.32 Å². The fourth-order valence-corrected chi connectivity index (χ4v) is 6.91. The van der Waals surface area contributed by atoms with Gasteiger partial charge in [0.1, 0.15) is 5.01 Å². The van der Waals surface area contributed by atoms with Crippen molar-refractivity contribution in [2.24, 2.45) is 17.8 Å². The number of nitrogens with one attached hydrogen (secondary N) is 1. The van der Waals surface area contributed by atoms with Crippen molar-refractivity contribution in [1.82, 2.24) is 10.2 Å². The van der Waals surface area contributed by atoms with Gasteiger partial charge in [-0.15, -0.1) is 10.2 Å². The summed E-state index contributed by atoms with van der Waals surface area (Å²) in [6.07, 6.45) is 7.52. The van der Waals surface area contributed by atoms with Crippen LogP contribution in [-0.4, -0.2) is 16.1 Å². The van der Waals surface area contributed by atoms with E-state index in [2.05, 4.69) is 15.5 Å². The third-order valence-electron chi connectivity index (χ3n) is 6.39. The summed E-state index contributed by atoms with van der Waals surface area (Å²) in [6.45, 7) is 0. The van der Waals surface area contributed by atoms with Crippen molar-refractivity contribution in [1.29, 1.82) is 0 Å². The Morgan fingerprint density at radius 2 is 1.67 bits per heavy atom. The molecular formula is C19H18ClF2N3OS. The van der Waals surface area contributed by atoms with Crippen LogP contribution in [0.4, 0.5) is 13.9 Å². The number of hydrogen-bond acceptors (Lipinski definition) is 4. The van der Waals surface area contributed by atoms with Crippen LogP contribution in [0, 0.1) is 29.4 Å². The maximum Gasteiger partial charge on any atom is 0.259 e. The second-order valence-electron chi connectivity index (χ2n) is 8.31. The first kappa shape index (κ1) is 17.5. The molecule has 4 saturated carbocycles. The van der Waals surface area contributed by atoms with E-state index < -0.39 is 17.5 Å². The first-order valence-corrected chi connectivity index (χ1v) is 10.4. The molecule has 1 aromatic carbocycles. The van der Waals surface area contributed by atoms with Gasteiger partial charge >= 0.3 is 0 Å². The van der Waals surface area contributed by atoms with Crippen LogP contribution < -0.4 is 5.32 Å². The number of anilines is 1. The molecule has 1 amide bonds. The highest BCUT2D eigenvalue weighted by Crippen LogP contribution is 2.61. The van der Waals surface area contributed by atoms with Crippen molar-refractivity contribution in [3.63, 3.8) is 0 Å². The summed E-state index contributed by atoms with van der Waals surface area (Å²) in [7, 11) is 0. The van der Waals surface area contributed by atoms with Gasteiger partial charge in [0.25, 0.3) is 5.91 Å². The molecule has 1 aromatic heterocycles. The molecule has 0 aliphatic heterocycles. The highest BCUT2D eigenvalue weighted by Gasteiger charge is 2.53. The topological polar surface area (TPSA) is 54.9 Å². The lowest BCUT2D eigenvalue weighted by Crippen LogP contribution is -2.48. The summed E-state index contributed by atoms with van der Waals surface area (Å²) >= 11 is 7.27. The molecule has 4 aliphatic rings. The quantitative estimate of drug-likeness (QED) is 0.710. The molecule has 0 radical (unpaired) electrons. The summed E-state index contributed by atoms with van der Waals surface area (Å²) in [5.41, 5.74) is -0.0169. The number of hydrogen-bond donors (Lipinski definition) is 1. The zero-order valence-electron chi connectivity index (χ0n) is 14.5. The number of benzene rings is 1. The van der Waals surface area contributed by atoms with Crippen molar-refractivity contribution in [2.45, 2.75) is 43.9 Å². The molecule has 1 N–H and O–H groups in total. The van der Waals surface area contributed by atoms with E-state index in [4.69, 9.17) is 11.6 Å². The summed E-state index contributed by atoms with van der Waals surface area (Å²) in [6, 6.07) is 1.60. The number of carbonyl (C=O) groups excluding carboxylic acids is 1. The van der Waals surface area contributed by atoms with Crippen molar-refractivity contribution >= 4 is 34.0 Å². The van der Waals surface area contributed by atoms with E-state index in [0.29, 0.717) is 5.13 Å². The minimum Gasteiger partial charge on any atom is -0.296 e. The minimum atomic E-state index is -1.11. The Kier molecular flexibility index (Phi) is 4.02. The normalized spacial score (nSPS) is 31.3. The molecule has 142 valence electrons. The Hall–Kier alpha value is -1.60. The van der Waals surface area contributed by atoms with Gasteiger partial charge in [-0.2, -0.15) is 0 Å². The number of amides is 1. The lowest BCUT2D eigenvalue weighted by Gasteiger charge is -2.55. The van der Waals surface area contributed by atoms with Gasteiger partial charge in [0.05, 0.1) is 10.6 Å². The molecule has 2 aromatic rings. The van der Waals surface area contributed by atoms with E-state index in [9.17, 15) is 13.6 Å². The van der Waals surface area contributed by atoms with E-state index in [-0.39, 0.29) is 16.0 Å². The Balaban J connectivity index is 1.37. The van der Waals surface area contributed by atoms with Gasteiger partial charge in [-0.25, -0.2) is 8.78 Å². The van der Waals surface area contributed by atoms with Crippen LogP contribution in [0.5, 0.6) is 0 Å². The first-order valence-electron chi connectivity index (χ1n) is 9.22. The predicted octanol–water partition coefficient (Wildman–Crippen LogP) is 5.19. The molecule has 0 atom stereocenters. The van der Waals surface area contributed by atoms with Crippen LogP contribution in [0.15, 0.2) is 12.1 Å². The van der Waals surface area contributed by atoms with Crippen LogP contribution in [-0.2, 0) is 5.41 Å². The standard InChI is InChI=1S/C19H18ClF2N3OS/c20-13-5-15(22)14(21)4-12(13)16(26)23-18-25-24-17(27-18)19-6-9-1-10(7-19)3-11(2-9)8-19/h4-5,9-11H,1-3,6-8H2,(H,23,25,26). The maximum atomic E-state index is 13.4. The average molecular weight is 410 g/mol. The molecule has 8 heteroatoms. The van der Waals surface area contributed by atoms with Gasteiger partial charge in [0.2, 0.25) is 5.13 Å². The smallest absolute Gasteiger partial charge is 0.259 e. The number of halogens is 3. The second kappa shape index (κ2) is 6.21. The highest BCUT2D eigenvalue weighted by atomic mass is 35.5. The molecule has 0 spiro atoms. The van der Waals surface area contributed by atoms with Crippen LogP contribution >= 0.6 is 22.9 Å². The van der Waals surface area contributed by atoms with Gasteiger partial charge in [0, 0.05) is 5.41 Å².